The minimum atomic E-state index is -0.873. The van der Waals surface area contributed by atoms with E-state index in [9.17, 15) is 18.8 Å². The van der Waals surface area contributed by atoms with Crippen molar-refractivity contribution >= 4 is 17.7 Å². The molecule has 3 amide bonds. The number of aryl methyl sites for hydroxylation is 1. The van der Waals surface area contributed by atoms with E-state index in [1.165, 1.54) is 6.07 Å². The minimum Gasteiger partial charge on any atom is -0.454 e. The third-order valence-electron chi connectivity index (χ3n) is 6.99. The highest BCUT2D eigenvalue weighted by Crippen LogP contribution is 2.26. The first-order chi connectivity index (χ1) is 20.0. The Bertz CT molecular complexity index is 1330. The molecule has 0 spiro atoms. The molecule has 0 aliphatic heterocycles. The highest BCUT2D eigenvalue weighted by molar-refractivity contribution is 5.91. The Morgan fingerprint density at radius 1 is 0.905 bits per heavy atom. The van der Waals surface area contributed by atoms with Crippen LogP contribution in [-0.2, 0) is 20.8 Å². The summed E-state index contributed by atoms with van der Waals surface area (Å²) in [7, 11) is 0. The second-order valence-corrected chi connectivity index (χ2v) is 11.5. The first kappa shape index (κ1) is 32.3. The van der Waals surface area contributed by atoms with E-state index in [0.717, 1.165) is 5.56 Å². The van der Waals surface area contributed by atoms with Crippen LogP contribution in [0.15, 0.2) is 78.9 Å². The van der Waals surface area contributed by atoms with Crippen LogP contribution in [0.3, 0.4) is 0 Å². The zero-order valence-electron chi connectivity index (χ0n) is 24.5. The molecular formula is C33H40FN3O5. The average Bonchev–Trinajstić information content (AvgIpc) is 2.96. The Kier molecular flexibility index (Phi) is 11.6. The Balaban J connectivity index is 1.64. The normalized spacial score (nSPS) is 13.4. The summed E-state index contributed by atoms with van der Waals surface area (Å²) in [6, 6.07) is 22.0. The van der Waals surface area contributed by atoms with E-state index in [1.807, 2.05) is 64.1 Å². The fraction of sp³-hybridized carbons (Fsp3) is 0.364. The number of halogens is 1. The molecule has 0 fully saturated rings. The maximum absolute atomic E-state index is 14.7. The summed E-state index contributed by atoms with van der Waals surface area (Å²) in [5.74, 6) is -2.21. The first-order valence-corrected chi connectivity index (χ1v) is 14.1. The number of hydrogen-bond donors (Lipinski definition) is 4. The smallest absolute Gasteiger partial charge is 0.244 e. The minimum absolute atomic E-state index is 0.106. The predicted molar refractivity (Wildman–Crippen MR) is 158 cm³/mol. The number of ether oxygens (including phenoxy) is 1. The van der Waals surface area contributed by atoms with Crippen LogP contribution < -0.4 is 20.9 Å². The van der Waals surface area contributed by atoms with E-state index >= 15 is 0 Å². The number of benzene rings is 3. The lowest BCUT2D eigenvalue weighted by molar-refractivity contribution is -0.137. The molecule has 0 saturated heterocycles. The fourth-order valence-electron chi connectivity index (χ4n) is 4.60. The lowest BCUT2D eigenvalue weighted by atomic mass is 9.85. The molecular weight excluding hydrogens is 537 g/mol. The van der Waals surface area contributed by atoms with Crippen molar-refractivity contribution in [3.05, 3.63) is 95.8 Å². The quantitative estimate of drug-likeness (QED) is 0.150. The van der Waals surface area contributed by atoms with Crippen LogP contribution in [0.25, 0.3) is 0 Å². The number of nitrogens with one attached hydrogen (secondary N) is 3. The van der Waals surface area contributed by atoms with Crippen molar-refractivity contribution in [1.82, 2.24) is 16.1 Å². The van der Waals surface area contributed by atoms with Crippen LogP contribution in [0.5, 0.6) is 11.5 Å². The zero-order valence-corrected chi connectivity index (χ0v) is 24.5. The van der Waals surface area contributed by atoms with Crippen LogP contribution in [-0.4, -0.2) is 29.0 Å². The molecule has 0 aliphatic carbocycles. The maximum Gasteiger partial charge on any atom is 0.244 e. The summed E-state index contributed by atoms with van der Waals surface area (Å²) < 4.78 is 20.3. The summed E-state index contributed by atoms with van der Waals surface area (Å²) in [6.07, 6.45) is 0.929. The Morgan fingerprint density at radius 3 is 2.14 bits per heavy atom. The molecule has 42 heavy (non-hydrogen) atoms. The lowest BCUT2D eigenvalue weighted by Gasteiger charge is -2.32. The molecule has 0 heterocycles. The van der Waals surface area contributed by atoms with Crippen LogP contribution in [0, 0.1) is 17.2 Å². The fourth-order valence-corrected chi connectivity index (χ4v) is 4.60. The summed E-state index contributed by atoms with van der Waals surface area (Å²) in [5, 5.41) is 14.9. The monoisotopic (exact) mass is 577 g/mol. The van der Waals surface area contributed by atoms with Gasteiger partial charge in [0.1, 0.15) is 11.8 Å². The van der Waals surface area contributed by atoms with Crippen LogP contribution in [0.2, 0.25) is 0 Å². The SMILES string of the molecule is CC(NC(=O)[C@@H](NC(=O)[C@H](CCCc1ccc(Oc2ccccc2)c(F)c1)CC(=O)NO)C(C)(C)C)c1ccccc1. The topological polar surface area (TPSA) is 117 Å². The van der Waals surface area contributed by atoms with Gasteiger partial charge in [0.15, 0.2) is 11.6 Å². The zero-order chi connectivity index (χ0) is 30.7. The van der Waals surface area contributed by atoms with Crippen LogP contribution >= 0.6 is 0 Å². The van der Waals surface area contributed by atoms with Crippen molar-refractivity contribution in [3.63, 3.8) is 0 Å². The number of hydroxylamine groups is 1. The first-order valence-electron chi connectivity index (χ1n) is 14.1. The number of amides is 3. The van der Waals surface area contributed by atoms with Crippen molar-refractivity contribution in [2.45, 2.75) is 65.5 Å². The summed E-state index contributed by atoms with van der Waals surface area (Å²) in [5.41, 5.74) is 2.59. The van der Waals surface area contributed by atoms with Gasteiger partial charge in [0.2, 0.25) is 17.7 Å². The van der Waals surface area contributed by atoms with Gasteiger partial charge in [-0.25, -0.2) is 9.87 Å². The number of carbonyl (C=O) groups is 3. The van der Waals surface area contributed by atoms with Gasteiger partial charge in [-0.1, -0.05) is 75.4 Å². The number of hydrogen-bond acceptors (Lipinski definition) is 5. The van der Waals surface area contributed by atoms with Gasteiger partial charge in [0.25, 0.3) is 0 Å². The van der Waals surface area contributed by atoms with Gasteiger partial charge in [0, 0.05) is 12.3 Å². The van der Waals surface area contributed by atoms with Gasteiger partial charge in [-0.05, 0) is 67.0 Å². The van der Waals surface area contributed by atoms with E-state index in [4.69, 9.17) is 9.94 Å². The molecule has 1 unspecified atom stereocenters. The molecule has 0 aromatic heterocycles. The molecule has 8 nitrogen and oxygen atoms in total. The van der Waals surface area contributed by atoms with E-state index in [-0.39, 0.29) is 30.5 Å². The van der Waals surface area contributed by atoms with Crippen molar-refractivity contribution in [1.29, 1.82) is 0 Å². The van der Waals surface area contributed by atoms with Crippen LogP contribution in [0.4, 0.5) is 4.39 Å². The average molecular weight is 578 g/mol. The van der Waals surface area contributed by atoms with E-state index in [0.29, 0.717) is 24.2 Å². The molecule has 3 aromatic rings. The molecule has 3 atom stereocenters. The largest absolute Gasteiger partial charge is 0.454 e. The Hall–Kier alpha value is -4.24. The lowest BCUT2D eigenvalue weighted by Crippen LogP contribution is -2.55. The Labute approximate surface area is 246 Å². The standard InChI is InChI=1S/C33H40FN3O5/c1-22(24-13-7-5-8-14-24)35-32(40)30(33(2,3)4)36-31(39)25(21-29(38)37-41)15-11-12-23-18-19-28(27(34)20-23)42-26-16-9-6-10-17-26/h5-10,13-14,16-20,22,25,30,41H,11-12,15,21H2,1-4H3,(H,35,40)(H,36,39)(H,37,38)/t22?,25-,30-/m1/s1. The maximum atomic E-state index is 14.7. The van der Waals surface area contributed by atoms with Gasteiger partial charge in [-0.2, -0.15) is 0 Å². The molecule has 0 radical (unpaired) electrons. The highest BCUT2D eigenvalue weighted by atomic mass is 19.1. The highest BCUT2D eigenvalue weighted by Gasteiger charge is 2.35. The molecule has 3 aromatic carbocycles. The molecule has 0 bridgehead atoms. The van der Waals surface area contributed by atoms with Crippen molar-refractivity contribution in [2.24, 2.45) is 11.3 Å². The number of rotatable bonds is 13. The molecule has 0 aliphatic rings. The predicted octanol–water partition coefficient (Wildman–Crippen LogP) is 5.86. The second-order valence-electron chi connectivity index (χ2n) is 11.5. The van der Waals surface area contributed by atoms with Gasteiger partial charge in [-0.3, -0.25) is 19.6 Å². The second kappa shape index (κ2) is 15.1. The summed E-state index contributed by atoms with van der Waals surface area (Å²) in [4.78, 5) is 38.7. The number of para-hydroxylation sites is 1. The van der Waals surface area contributed by atoms with Crippen molar-refractivity contribution in [3.8, 4) is 11.5 Å². The van der Waals surface area contributed by atoms with Gasteiger partial charge in [-0.15, -0.1) is 0 Å². The van der Waals surface area contributed by atoms with E-state index < -0.39 is 35.0 Å². The van der Waals surface area contributed by atoms with Gasteiger partial charge < -0.3 is 15.4 Å². The molecule has 4 N–H and O–H groups in total. The van der Waals surface area contributed by atoms with Crippen LogP contribution in [0.1, 0.15) is 64.1 Å². The molecule has 3 rings (SSSR count). The van der Waals surface area contributed by atoms with Gasteiger partial charge in [0.05, 0.1) is 6.04 Å². The Morgan fingerprint density at radius 2 is 1.55 bits per heavy atom. The van der Waals surface area contributed by atoms with E-state index in [2.05, 4.69) is 10.6 Å². The van der Waals surface area contributed by atoms with Crippen molar-refractivity contribution in [2.75, 3.05) is 0 Å². The van der Waals surface area contributed by atoms with E-state index in [1.54, 1.807) is 41.9 Å². The number of carbonyl (C=O) groups excluding carboxylic acids is 3. The molecule has 224 valence electrons. The summed E-state index contributed by atoms with van der Waals surface area (Å²) >= 11 is 0. The molecule has 9 heteroatoms. The van der Waals surface area contributed by atoms with Gasteiger partial charge >= 0.3 is 0 Å². The summed E-state index contributed by atoms with van der Waals surface area (Å²) in [6.45, 7) is 7.41. The third kappa shape index (κ3) is 9.69. The van der Waals surface area contributed by atoms with Crippen molar-refractivity contribution < 1.29 is 28.7 Å². The third-order valence-corrected chi connectivity index (χ3v) is 6.99. The molecule has 0 saturated carbocycles.